The van der Waals surface area contributed by atoms with Crippen molar-refractivity contribution in [1.82, 2.24) is 5.32 Å². The molecular weight excluding hydrogens is 162 g/mol. The Balaban J connectivity index is 2.97. The van der Waals surface area contributed by atoms with Crippen molar-refractivity contribution in [3.63, 3.8) is 0 Å². The van der Waals surface area contributed by atoms with Gasteiger partial charge in [0.1, 0.15) is 0 Å². The highest BCUT2D eigenvalue weighted by Crippen LogP contribution is 2.01. The Bertz CT molecular complexity index is 82.8. The van der Waals surface area contributed by atoms with Gasteiger partial charge in [-0.1, -0.05) is 0 Å². The van der Waals surface area contributed by atoms with E-state index in [2.05, 4.69) is 5.32 Å². The van der Waals surface area contributed by atoms with Gasteiger partial charge in [-0.25, -0.2) is 0 Å². The zero-order valence-electron chi connectivity index (χ0n) is 7.17. The van der Waals surface area contributed by atoms with Crippen molar-refractivity contribution < 1.29 is 9.84 Å². The number of nitrogens with one attached hydrogen (secondary N) is 1. The molecule has 0 radical (unpaired) electrons. The Hall–Kier alpha value is 0.230. The van der Waals surface area contributed by atoms with Crippen molar-refractivity contribution in [1.29, 1.82) is 0 Å². The van der Waals surface area contributed by atoms with Crippen LogP contribution in [0.2, 0.25) is 0 Å². The van der Waals surface area contributed by atoms with Gasteiger partial charge in [-0.05, 0) is 7.05 Å². The normalized spacial score (nSPS) is 13.4. The Morgan fingerprint density at radius 2 is 2.36 bits per heavy atom. The van der Waals surface area contributed by atoms with Crippen LogP contribution in [0.25, 0.3) is 0 Å². The van der Waals surface area contributed by atoms with Gasteiger partial charge >= 0.3 is 0 Å². The van der Waals surface area contributed by atoms with Gasteiger partial charge in [-0.2, -0.15) is 11.8 Å². The van der Waals surface area contributed by atoms with Crippen molar-refractivity contribution in [2.24, 2.45) is 0 Å². The van der Waals surface area contributed by atoms with Gasteiger partial charge in [0, 0.05) is 25.2 Å². The summed E-state index contributed by atoms with van der Waals surface area (Å²) in [5, 5.41) is 12.1. The van der Waals surface area contributed by atoms with Gasteiger partial charge in [0.05, 0.1) is 12.7 Å². The molecule has 0 spiro atoms. The first-order valence-electron chi connectivity index (χ1n) is 3.70. The molecule has 1 atom stereocenters. The summed E-state index contributed by atoms with van der Waals surface area (Å²) in [7, 11) is 3.52. The van der Waals surface area contributed by atoms with Crippen LogP contribution < -0.4 is 5.32 Å². The van der Waals surface area contributed by atoms with Crippen molar-refractivity contribution in [2.75, 3.05) is 38.8 Å². The van der Waals surface area contributed by atoms with Crippen LogP contribution in [0.15, 0.2) is 0 Å². The van der Waals surface area contributed by atoms with Crippen LogP contribution in [0.3, 0.4) is 0 Å². The number of methoxy groups -OCH3 is 1. The molecule has 0 aliphatic rings. The van der Waals surface area contributed by atoms with E-state index in [1.807, 2.05) is 7.05 Å². The molecule has 0 fully saturated rings. The average molecular weight is 179 g/mol. The van der Waals surface area contributed by atoms with Crippen LogP contribution in [-0.2, 0) is 4.74 Å². The topological polar surface area (TPSA) is 41.5 Å². The van der Waals surface area contributed by atoms with E-state index in [1.165, 1.54) is 0 Å². The van der Waals surface area contributed by atoms with Crippen LogP contribution >= 0.6 is 11.8 Å². The van der Waals surface area contributed by atoms with Crippen molar-refractivity contribution in [2.45, 2.75) is 6.10 Å². The largest absolute Gasteiger partial charge is 0.391 e. The van der Waals surface area contributed by atoms with Gasteiger partial charge in [0.2, 0.25) is 0 Å². The maximum atomic E-state index is 9.22. The molecule has 0 aliphatic carbocycles. The molecule has 0 aliphatic heterocycles. The summed E-state index contributed by atoms with van der Waals surface area (Å²) in [6, 6.07) is 0. The summed E-state index contributed by atoms with van der Waals surface area (Å²) < 4.78 is 4.87. The van der Waals surface area contributed by atoms with Gasteiger partial charge in [-0.3, -0.25) is 0 Å². The van der Waals surface area contributed by atoms with Gasteiger partial charge in [0.25, 0.3) is 0 Å². The third kappa shape index (κ3) is 8.13. The fraction of sp³-hybridized carbons (Fsp3) is 1.00. The molecule has 0 bridgehead atoms. The summed E-state index contributed by atoms with van der Waals surface area (Å²) in [6.45, 7) is 1.43. The average Bonchev–Trinajstić information content (AvgIpc) is 1.99. The zero-order valence-corrected chi connectivity index (χ0v) is 7.99. The minimum atomic E-state index is -0.234. The van der Waals surface area contributed by atoms with Crippen LogP contribution in [0.1, 0.15) is 0 Å². The molecule has 0 aromatic rings. The van der Waals surface area contributed by atoms with Crippen LogP contribution in [0.5, 0.6) is 0 Å². The second kappa shape index (κ2) is 8.33. The van der Waals surface area contributed by atoms with E-state index in [-0.39, 0.29) is 6.10 Å². The summed E-state index contributed by atoms with van der Waals surface area (Å²) >= 11 is 1.71. The lowest BCUT2D eigenvalue weighted by Crippen LogP contribution is -2.25. The van der Waals surface area contributed by atoms with E-state index in [1.54, 1.807) is 18.9 Å². The SMILES string of the molecule is CNCC(O)CSCCOC. The molecule has 11 heavy (non-hydrogen) atoms. The first-order chi connectivity index (χ1) is 5.31. The molecule has 0 aromatic heterocycles. The fourth-order valence-corrected chi connectivity index (χ4v) is 1.50. The molecule has 0 aromatic carbocycles. The number of likely N-dealkylation sites (N-methyl/N-ethyl adjacent to an activating group) is 1. The number of rotatable bonds is 7. The molecular formula is C7H17NO2S. The number of ether oxygens (including phenoxy) is 1. The van der Waals surface area contributed by atoms with E-state index in [4.69, 9.17) is 4.74 Å². The second-order valence-corrected chi connectivity index (χ2v) is 3.43. The molecule has 0 saturated carbocycles. The maximum Gasteiger partial charge on any atom is 0.0754 e. The number of hydrogen-bond acceptors (Lipinski definition) is 4. The number of thioether (sulfide) groups is 1. The monoisotopic (exact) mass is 179 g/mol. The Morgan fingerprint density at radius 1 is 1.64 bits per heavy atom. The highest BCUT2D eigenvalue weighted by Gasteiger charge is 2.00. The first-order valence-corrected chi connectivity index (χ1v) is 4.86. The first kappa shape index (κ1) is 11.2. The summed E-state index contributed by atoms with van der Waals surface area (Å²) in [6.07, 6.45) is -0.234. The Kier molecular flexibility index (Phi) is 8.50. The lowest BCUT2D eigenvalue weighted by molar-refractivity contribution is 0.198. The molecule has 0 heterocycles. The van der Waals surface area contributed by atoms with E-state index >= 15 is 0 Å². The highest BCUT2D eigenvalue weighted by molar-refractivity contribution is 7.99. The van der Waals surface area contributed by atoms with Gasteiger partial charge < -0.3 is 15.2 Å². The van der Waals surface area contributed by atoms with Gasteiger partial charge in [-0.15, -0.1) is 0 Å². The molecule has 0 rings (SSSR count). The fourth-order valence-electron chi connectivity index (χ4n) is 0.656. The van der Waals surface area contributed by atoms with Crippen molar-refractivity contribution in [3.05, 3.63) is 0 Å². The predicted molar refractivity (Wildman–Crippen MR) is 49.1 cm³/mol. The molecule has 68 valence electrons. The Morgan fingerprint density at radius 3 is 2.91 bits per heavy atom. The highest BCUT2D eigenvalue weighted by atomic mass is 32.2. The van der Waals surface area contributed by atoms with E-state index in [0.29, 0.717) is 6.54 Å². The van der Waals surface area contributed by atoms with E-state index in [9.17, 15) is 5.11 Å². The third-order valence-corrected chi connectivity index (χ3v) is 2.26. The van der Waals surface area contributed by atoms with Crippen LogP contribution in [0, 0.1) is 0 Å². The molecule has 2 N–H and O–H groups in total. The van der Waals surface area contributed by atoms with Crippen molar-refractivity contribution in [3.8, 4) is 0 Å². The van der Waals surface area contributed by atoms with Crippen LogP contribution in [-0.4, -0.2) is 50.0 Å². The summed E-state index contributed by atoms with van der Waals surface area (Å²) in [5.74, 6) is 1.74. The minimum absolute atomic E-state index is 0.234. The van der Waals surface area contributed by atoms with E-state index in [0.717, 1.165) is 18.1 Å². The second-order valence-electron chi connectivity index (χ2n) is 2.28. The summed E-state index contributed by atoms with van der Waals surface area (Å²) in [4.78, 5) is 0. The maximum absolute atomic E-state index is 9.22. The molecule has 4 heteroatoms. The van der Waals surface area contributed by atoms with E-state index < -0.39 is 0 Å². The molecule has 0 saturated heterocycles. The minimum Gasteiger partial charge on any atom is -0.391 e. The quantitative estimate of drug-likeness (QED) is 0.538. The lowest BCUT2D eigenvalue weighted by atomic mass is 10.4. The summed E-state index contributed by atoms with van der Waals surface area (Å²) in [5.41, 5.74) is 0. The molecule has 3 nitrogen and oxygen atoms in total. The van der Waals surface area contributed by atoms with Crippen LogP contribution in [0.4, 0.5) is 0 Å². The zero-order chi connectivity index (χ0) is 8.53. The number of aliphatic hydroxyl groups excluding tert-OH is 1. The standard InChI is InChI=1S/C7H17NO2S/c1-8-5-7(9)6-11-4-3-10-2/h7-9H,3-6H2,1-2H3. The molecule has 0 amide bonds. The molecule has 1 unspecified atom stereocenters. The van der Waals surface area contributed by atoms with Crippen molar-refractivity contribution >= 4 is 11.8 Å². The van der Waals surface area contributed by atoms with Gasteiger partial charge in [0.15, 0.2) is 0 Å². The number of hydrogen-bond donors (Lipinski definition) is 2. The smallest absolute Gasteiger partial charge is 0.0754 e. The lowest BCUT2D eigenvalue weighted by Gasteiger charge is -2.08. The number of aliphatic hydroxyl groups is 1. The Labute approximate surface area is 72.5 Å². The predicted octanol–water partition coefficient (Wildman–Crippen LogP) is -0.0537. The third-order valence-electron chi connectivity index (χ3n) is 1.18.